The van der Waals surface area contributed by atoms with Crippen LogP contribution in [0.15, 0.2) is 24.3 Å². The van der Waals surface area contributed by atoms with Gasteiger partial charge in [-0.2, -0.15) is 0 Å². The predicted molar refractivity (Wildman–Crippen MR) is 61.3 cm³/mol. The number of amides is 1. The van der Waals surface area contributed by atoms with E-state index in [9.17, 15) is 4.79 Å². The normalized spacial score (nSPS) is 9.88. The molecule has 0 saturated carbocycles. The summed E-state index contributed by atoms with van der Waals surface area (Å²) in [4.78, 5) is 10.6. The summed E-state index contributed by atoms with van der Waals surface area (Å²) in [5, 5.41) is 2.67. The Morgan fingerprint density at radius 2 is 2.00 bits per heavy atom. The van der Waals surface area contributed by atoms with E-state index in [1.54, 1.807) is 7.11 Å². The highest BCUT2D eigenvalue weighted by molar-refractivity contribution is 5.72. The van der Waals surface area contributed by atoms with Gasteiger partial charge in [0, 0.05) is 13.5 Å². The van der Waals surface area contributed by atoms with Gasteiger partial charge in [-0.05, 0) is 17.7 Å². The van der Waals surface area contributed by atoms with Crippen LogP contribution in [0.1, 0.15) is 12.5 Å². The minimum absolute atomic E-state index is 0.0342. The maximum absolute atomic E-state index is 10.6. The van der Waals surface area contributed by atoms with E-state index in [4.69, 9.17) is 9.47 Å². The van der Waals surface area contributed by atoms with Gasteiger partial charge in [0.2, 0.25) is 5.91 Å². The van der Waals surface area contributed by atoms with Crippen molar-refractivity contribution in [3.63, 3.8) is 0 Å². The van der Waals surface area contributed by atoms with E-state index in [1.165, 1.54) is 6.92 Å². The van der Waals surface area contributed by atoms with Crippen LogP contribution in [0.4, 0.5) is 0 Å². The number of rotatable bonds is 6. The second-order valence-electron chi connectivity index (χ2n) is 3.38. The lowest BCUT2D eigenvalue weighted by Gasteiger charge is -2.05. The first-order valence-corrected chi connectivity index (χ1v) is 5.17. The number of nitrogens with one attached hydrogen (secondary N) is 1. The topological polar surface area (TPSA) is 47.6 Å². The first-order chi connectivity index (χ1) is 7.72. The SMILES string of the molecule is COc1ccc(COCCNC(C)=O)cc1. The van der Waals surface area contributed by atoms with Crippen molar-refractivity contribution in [1.82, 2.24) is 5.32 Å². The van der Waals surface area contributed by atoms with Gasteiger partial charge < -0.3 is 14.8 Å². The number of methoxy groups -OCH3 is 1. The molecule has 0 heterocycles. The van der Waals surface area contributed by atoms with Crippen molar-refractivity contribution in [3.8, 4) is 5.75 Å². The van der Waals surface area contributed by atoms with E-state index < -0.39 is 0 Å². The molecule has 0 atom stereocenters. The van der Waals surface area contributed by atoms with Gasteiger partial charge in [0.15, 0.2) is 0 Å². The largest absolute Gasteiger partial charge is 0.497 e. The van der Waals surface area contributed by atoms with Crippen LogP contribution in [0.5, 0.6) is 5.75 Å². The van der Waals surface area contributed by atoms with E-state index >= 15 is 0 Å². The van der Waals surface area contributed by atoms with Gasteiger partial charge in [0.1, 0.15) is 5.75 Å². The van der Waals surface area contributed by atoms with E-state index in [0.717, 1.165) is 11.3 Å². The molecular weight excluding hydrogens is 206 g/mol. The van der Waals surface area contributed by atoms with E-state index in [-0.39, 0.29) is 5.91 Å². The van der Waals surface area contributed by atoms with E-state index in [0.29, 0.717) is 19.8 Å². The Balaban J connectivity index is 2.19. The summed E-state index contributed by atoms with van der Waals surface area (Å²) in [7, 11) is 1.64. The number of benzene rings is 1. The van der Waals surface area contributed by atoms with Crippen molar-refractivity contribution >= 4 is 5.91 Å². The number of hydrogen-bond donors (Lipinski definition) is 1. The molecule has 0 aliphatic heterocycles. The molecule has 0 fully saturated rings. The molecule has 1 aromatic rings. The average molecular weight is 223 g/mol. The van der Waals surface area contributed by atoms with Gasteiger partial charge in [0.05, 0.1) is 20.3 Å². The number of carbonyl (C=O) groups excluding carboxylic acids is 1. The summed E-state index contributed by atoms with van der Waals surface area (Å²) in [5.41, 5.74) is 1.09. The van der Waals surface area contributed by atoms with E-state index in [2.05, 4.69) is 5.32 Å². The maximum atomic E-state index is 10.6. The predicted octanol–water partition coefficient (Wildman–Crippen LogP) is 1.35. The summed E-state index contributed by atoms with van der Waals surface area (Å²) in [6, 6.07) is 7.70. The first kappa shape index (κ1) is 12.5. The number of hydrogen-bond acceptors (Lipinski definition) is 3. The molecule has 0 aliphatic carbocycles. The number of ether oxygens (including phenoxy) is 2. The number of carbonyl (C=O) groups is 1. The minimum Gasteiger partial charge on any atom is -0.497 e. The van der Waals surface area contributed by atoms with Crippen LogP contribution in [-0.2, 0) is 16.1 Å². The van der Waals surface area contributed by atoms with Gasteiger partial charge in [0.25, 0.3) is 0 Å². The van der Waals surface area contributed by atoms with Crippen molar-refractivity contribution < 1.29 is 14.3 Å². The lowest BCUT2D eigenvalue weighted by molar-refractivity contribution is -0.119. The van der Waals surface area contributed by atoms with Gasteiger partial charge in [-0.25, -0.2) is 0 Å². The Morgan fingerprint density at radius 1 is 1.31 bits per heavy atom. The fraction of sp³-hybridized carbons (Fsp3) is 0.417. The second kappa shape index (κ2) is 6.85. The summed E-state index contributed by atoms with van der Waals surface area (Å²) in [5.74, 6) is 0.801. The van der Waals surface area contributed by atoms with Crippen LogP contribution in [0.25, 0.3) is 0 Å². The molecule has 0 unspecified atom stereocenters. The highest BCUT2D eigenvalue weighted by atomic mass is 16.5. The zero-order valence-electron chi connectivity index (χ0n) is 9.66. The quantitative estimate of drug-likeness (QED) is 0.740. The molecule has 1 N–H and O–H groups in total. The summed E-state index contributed by atoms with van der Waals surface area (Å²) >= 11 is 0. The molecule has 0 spiro atoms. The van der Waals surface area contributed by atoms with Crippen molar-refractivity contribution in [1.29, 1.82) is 0 Å². The van der Waals surface area contributed by atoms with E-state index in [1.807, 2.05) is 24.3 Å². The van der Waals surface area contributed by atoms with Crippen LogP contribution in [0, 0.1) is 0 Å². The van der Waals surface area contributed by atoms with Gasteiger partial charge >= 0.3 is 0 Å². The fourth-order valence-electron chi connectivity index (χ4n) is 1.21. The Labute approximate surface area is 95.6 Å². The van der Waals surface area contributed by atoms with Crippen molar-refractivity contribution in [2.24, 2.45) is 0 Å². The molecule has 0 saturated heterocycles. The zero-order valence-corrected chi connectivity index (χ0v) is 9.66. The van der Waals surface area contributed by atoms with Gasteiger partial charge in [-0.1, -0.05) is 12.1 Å². The summed E-state index contributed by atoms with van der Waals surface area (Å²) in [6.45, 7) is 3.10. The molecule has 0 radical (unpaired) electrons. The molecule has 0 aromatic heterocycles. The summed E-state index contributed by atoms with van der Waals surface area (Å²) < 4.78 is 10.4. The fourth-order valence-corrected chi connectivity index (χ4v) is 1.21. The third-order valence-corrected chi connectivity index (χ3v) is 2.05. The zero-order chi connectivity index (χ0) is 11.8. The maximum Gasteiger partial charge on any atom is 0.216 e. The molecule has 4 heteroatoms. The van der Waals surface area contributed by atoms with Crippen molar-refractivity contribution in [3.05, 3.63) is 29.8 Å². The summed E-state index contributed by atoms with van der Waals surface area (Å²) in [6.07, 6.45) is 0. The van der Waals surface area contributed by atoms with Crippen LogP contribution < -0.4 is 10.1 Å². The molecule has 88 valence electrons. The van der Waals surface area contributed by atoms with Crippen molar-refractivity contribution in [2.45, 2.75) is 13.5 Å². The minimum atomic E-state index is -0.0342. The Bertz CT molecular complexity index is 322. The molecule has 0 aliphatic rings. The molecule has 1 amide bonds. The van der Waals surface area contributed by atoms with Crippen molar-refractivity contribution in [2.75, 3.05) is 20.3 Å². The van der Waals surface area contributed by atoms with Crippen LogP contribution >= 0.6 is 0 Å². The third kappa shape index (κ3) is 4.79. The third-order valence-electron chi connectivity index (χ3n) is 2.05. The molecule has 0 bridgehead atoms. The lowest BCUT2D eigenvalue weighted by Crippen LogP contribution is -2.24. The highest BCUT2D eigenvalue weighted by Gasteiger charge is 1.95. The highest BCUT2D eigenvalue weighted by Crippen LogP contribution is 2.11. The van der Waals surface area contributed by atoms with Gasteiger partial charge in [-0.3, -0.25) is 4.79 Å². The molecular formula is C12H17NO3. The molecule has 1 rings (SSSR count). The molecule has 4 nitrogen and oxygen atoms in total. The van der Waals surface area contributed by atoms with Crippen LogP contribution in [0.2, 0.25) is 0 Å². The monoisotopic (exact) mass is 223 g/mol. The Kier molecular flexibility index (Phi) is 5.36. The first-order valence-electron chi connectivity index (χ1n) is 5.17. The average Bonchev–Trinajstić information content (AvgIpc) is 2.29. The van der Waals surface area contributed by atoms with Crippen LogP contribution in [0.3, 0.4) is 0 Å². The Hall–Kier alpha value is -1.55. The second-order valence-corrected chi connectivity index (χ2v) is 3.38. The lowest BCUT2D eigenvalue weighted by atomic mass is 10.2. The van der Waals surface area contributed by atoms with Gasteiger partial charge in [-0.15, -0.1) is 0 Å². The standard InChI is InChI=1S/C12H17NO3/c1-10(14)13-7-8-16-9-11-3-5-12(15-2)6-4-11/h3-6H,7-9H2,1-2H3,(H,13,14). The Morgan fingerprint density at radius 3 is 2.56 bits per heavy atom. The smallest absolute Gasteiger partial charge is 0.216 e. The molecule has 16 heavy (non-hydrogen) atoms. The molecule has 1 aromatic carbocycles. The van der Waals surface area contributed by atoms with Crippen LogP contribution in [-0.4, -0.2) is 26.2 Å².